The Morgan fingerprint density at radius 2 is 2.05 bits per heavy atom. The van der Waals surface area contributed by atoms with Crippen LogP contribution in [0.3, 0.4) is 0 Å². The first kappa shape index (κ1) is 14.2. The lowest BCUT2D eigenvalue weighted by Crippen LogP contribution is -2.44. The first-order valence-electron chi connectivity index (χ1n) is 7.09. The molecule has 0 saturated heterocycles. The van der Waals surface area contributed by atoms with Crippen molar-refractivity contribution < 1.29 is 0 Å². The molecule has 0 fully saturated rings. The smallest absolute Gasteiger partial charge is 0.187 e. The first-order chi connectivity index (χ1) is 9.66. The van der Waals surface area contributed by atoms with E-state index in [1.807, 2.05) is 6.92 Å². The van der Waals surface area contributed by atoms with Gasteiger partial charge in [0.05, 0.1) is 23.4 Å². The van der Waals surface area contributed by atoms with Gasteiger partial charge in [0.15, 0.2) is 5.41 Å². The van der Waals surface area contributed by atoms with Crippen LogP contribution in [0, 0.1) is 51.2 Å². The molecule has 2 aliphatic carbocycles. The summed E-state index contributed by atoms with van der Waals surface area (Å²) < 4.78 is 0. The molecule has 102 valence electrons. The van der Waals surface area contributed by atoms with Crippen molar-refractivity contribution in [3.8, 4) is 18.2 Å². The second-order valence-electron chi connectivity index (χ2n) is 5.52. The number of rotatable bonds is 2. The molecule has 0 spiro atoms. The van der Waals surface area contributed by atoms with Crippen LogP contribution in [0.25, 0.3) is 0 Å². The van der Waals surface area contributed by atoms with Crippen LogP contribution in [0.2, 0.25) is 0 Å². The Morgan fingerprint density at radius 3 is 2.60 bits per heavy atom. The van der Waals surface area contributed by atoms with Gasteiger partial charge >= 0.3 is 0 Å². The highest BCUT2D eigenvalue weighted by molar-refractivity contribution is 5.56. The fraction of sp³-hybridized carbons (Fsp3) is 0.562. The molecule has 2 rings (SSSR count). The molecule has 0 aromatic heterocycles. The summed E-state index contributed by atoms with van der Waals surface area (Å²) in [5.74, 6) is 0.0103. The van der Waals surface area contributed by atoms with E-state index in [2.05, 4.69) is 24.3 Å². The molecule has 2 atom stereocenters. The van der Waals surface area contributed by atoms with Crippen molar-refractivity contribution in [2.45, 2.75) is 39.0 Å². The summed E-state index contributed by atoms with van der Waals surface area (Å²) in [6.45, 7) is 2.05. The van der Waals surface area contributed by atoms with E-state index in [0.29, 0.717) is 5.57 Å². The predicted octanol–water partition coefficient (Wildman–Crippen LogP) is 2.91. The van der Waals surface area contributed by atoms with E-state index in [1.54, 1.807) is 0 Å². The number of nitrogens with two attached hydrogens (primary N) is 1. The van der Waals surface area contributed by atoms with E-state index in [9.17, 15) is 15.8 Å². The topological polar surface area (TPSA) is 97.4 Å². The van der Waals surface area contributed by atoms with E-state index in [0.717, 1.165) is 37.7 Å². The summed E-state index contributed by atoms with van der Waals surface area (Å²) in [7, 11) is 0. The molecule has 4 nitrogen and oxygen atoms in total. The van der Waals surface area contributed by atoms with Gasteiger partial charge < -0.3 is 5.73 Å². The highest BCUT2D eigenvalue weighted by atomic mass is 14.7. The van der Waals surface area contributed by atoms with Crippen LogP contribution in [0.1, 0.15) is 39.0 Å². The molecule has 0 heterocycles. The molecule has 0 saturated carbocycles. The Balaban J connectivity index is 2.71. The maximum absolute atomic E-state index is 9.60. The van der Waals surface area contributed by atoms with Gasteiger partial charge in [0.1, 0.15) is 6.07 Å². The molecule has 0 amide bonds. The molecule has 2 N–H and O–H groups in total. The number of allylic oxidation sites excluding steroid dienone is 4. The standard InChI is InChI=1S/C16H18N4/c1-2-5-14-12-7-4-3-6-11(12)13(8-17)15(20)16(14,9-18)10-19/h6,12,14H,2-5,7,20H2,1H3/t12-,14-/m1/s1. The Hall–Kier alpha value is -2.25. The number of fused-ring (bicyclic) bond motifs is 1. The van der Waals surface area contributed by atoms with E-state index in [1.165, 1.54) is 0 Å². The number of hydrogen-bond donors (Lipinski definition) is 1. The molecule has 0 aromatic carbocycles. The van der Waals surface area contributed by atoms with Crippen molar-refractivity contribution in [2.24, 2.45) is 23.0 Å². The highest BCUT2D eigenvalue weighted by Crippen LogP contribution is 2.52. The summed E-state index contributed by atoms with van der Waals surface area (Å²) in [6.07, 6.45) is 6.66. The summed E-state index contributed by atoms with van der Waals surface area (Å²) >= 11 is 0. The van der Waals surface area contributed by atoms with Crippen LogP contribution < -0.4 is 5.73 Å². The van der Waals surface area contributed by atoms with Crippen LogP contribution in [-0.2, 0) is 0 Å². The van der Waals surface area contributed by atoms with E-state index >= 15 is 0 Å². The minimum absolute atomic E-state index is 0.105. The maximum atomic E-state index is 9.60. The molecule has 20 heavy (non-hydrogen) atoms. The zero-order valence-corrected chi connectivity index (χ0v) is 11.7. The third-order valence-electron chi connectivity index (χ3n) is 4.57. The normalized spacial score (nSPS) is 27.6. The number of nitrogens with zero attached hydrogens (tertiary/aromatic N) is 3. The second kappa shape index (κ2) is 5.40. The van der Waals surface area contributed by atoms with Gasteiger partial charge in [-0.1, -0.05) is 19.4 Å². The average molecular weight is 266 g/mol. The summed E-state index contributed by atoms with van der Waals surface area (Å²) in [5, 5.41) is 28.6. The van der Waals surface area contributed by atoms with Crippen molar-refractivity contribution in [1.82, 2.24) is 0 Å². The molecular weight excluding hydrogens is 248 g/mol. The lowest BCUT2D eigenvalue weighted by molar-refractivity contribution is 0.219. The third kappa shape index (κ3) is 1.79. The van der Waals surface area contributed by atoms with Gasteiger partial charge in [0.2, 0.25) is 0 Å². The molecule has 0 unspecified atom stereocenters. The molecule has 2 aliphatic rings. The molecular formula is C16H18N4. The predicted molar refractivity (Wildman–Crippen MR) is 74.3 cm³/mol. The maximum Gasteiger partial charge on any atom is 0.187 e. The molecule has 4 heteroatoms. The van der Waals surface area contributed by atoms with E-state index in [4.69, 9.17) is 5.73 Å². The molecule has 0 bridgehead atoms. The van der Waals surface area contributed by atoms with E-state index in [-0.39, 0.29) is 17.5 Å². The van der Waals surface area contributed by atoms with Crippen LogP contribution in [0.15, 0.2) is 22.9 Å². The quantitative estimate of drug-likeness (QED) is 0.830. The minimum Gasteiger partial charge on any atom is -0.399 e. The number of nitriles is 3. The molecule has 0 aromatic rings. The van der Waals surface area contributed by atoms with Crippen LogP contribution in [-0.4, -0.2) is 0 Å². The second-order valence-corrected chi connectivity index (χ2v) is 5.52. The van der Waals surface area contributed by atoms with Gasteiger partial charge in [0.25, 0.3) is 0 Å². The Bertz CT molecular complexity index is 577. The zero-order chi connectivity index (χ0) is 14.8. The van der Waals surface area contributed by atoms with Crippen molar-refractivity contribution in [3.63, 3.8) is 0 Å². The Labute approximate surface area is 119 Å². The number of hydrogen-bond acceptors (Lipinski definition) is 4. The van der Waals surface area contributed by atoms with Gasteiger partial charge in [-0.05, 0) is 37.2 Å². The lowest BCUT2D eigenvalue weighted by Gasteiger charge is -2.43. The third-order valence-corrected chi connectivity index (χ3v) is 4.57. The van der Waals surface area contributed by atoms with Crippen molar-refractivity contribution in [2.75, 3.05) is 0 Å². The van der Waals surface area contributed by atoms with Gasteiger partial charge in [-0.3, -0.25) is 0 Å². The van der Waals surface area contributed by atoms with Gasteiger partial charge in [-0.25, -0.2) is 0 Å². The molecule has 0 radical (unpaired) electrons. The van der Waals surface area contributed by atoms with Crippen molar-refractivity contribution >= 4 is 0 Å². The zero-order valence-electron chi connectivity index (χ0n) is 11.7. The minimum atomic E-state index is -1.35. The SMILES string of the molecule is CCC[C@@H]1[C@@H]2CCCC=C2C(C#N)=C(N)C1(C#N)C#N. The van der Waals surface area contributed by atoms with Gasteiger partial charge in [-0.15, -0.1) is 0 Å². The highest BCUT2D eigenvalue weighted by Gasteiger charge is 2.52. The summed E-state index contributed by atoms with van der Waals surface area (Å²) in [5.41, 5.74) is 6.24. The summed E-state index contributed by atoms with van der Waals surface area (Å²) in [4.78, 5) is 0. The average Bonchev–Trinajstić information content (AvgIpc) is 2.49. The lowest BCUT2D eigenvalue weighted by atomic mass is 9.57. The van der Waals surface area contributed by atoms with Crippen LogP contribution in [0.5, 0.6) is 0 Å². The van der Waals surface area contributed by atoms with Crippen molar-refractivity contribution in [1.29, 1.82) is 15.8 Å². The van der Waals surface area contributed by atoms with Crippen LogP contribution >= 0.6 is 0 Å². The van der Waals surface area contributed by atoms with Gasteiger partial charge in [0, 0.05) is 5.92 Å². The monoisotopic (exact) mass is 266 g/mol. The fourth-order valence-corrected chi connectivity index (χ4v) is 3.63. The fourth-order valence-electron chi connectivity index (χ4n) is 3.63. The van der Waals surface area contributed by atoms with Gasteiger partial charge in [-0.2, -0.15) is 15.8 Å². The largest absolute Gasteiger partial charge is 0.399 e. The summed E-state index contributed by atoms with van der Waals surface area (Å²) in [6, 6.07) is 6.38. The van der Waals surface area contributed by atoms with E-state index < -0.39 is 5.41 Å². The Kier molecular flexibility index (Phi) is 3.82. The first-order valence-corrected chi connectivity index (χ1v) is 7.09. The Morgan fingerprint density at radius 1 is 1.35 bits per heavy atom. The van der Waals surface area contributed by atoms with Crippen molar-refractivity contribution in [3.05, 3.63) is 22.9 Å². The molecule has 0 aliphatic heterocycles. The van der Waals surface area contributed by atoms with Crippen LogP contribution in [0.4, 0.5) is 0 Å².